The first-order valence-corrected chi connectivity index (χ1v) is 22.7. The Labute approximate surface area is 318 Å². The molecule has 3 unspecified atom stereocenters. The number of rotatable bonds is 41. The molecule has 0 aromatic rings. The fourth-order valence-electron chi connectivity index (χ4n) is 5.95. The molecule has 0 aromatic heterocycles. The zero-order valence-corrected chi connectivity index (χ0v) is 34.3. The van der Waals surface area contributed by atoms with E-state index in [0.717, 1.165) is 38.5 Å². The van der Waals surface area contributed by atoms with Crippen molar-refractivity contribution < 1.29 is 42.7 Å². The summed E-state index contributed by atoms with van der Waals surface area (Å²) in [7, 11) is -4.60. The number of ether oxygens (including phenoxy) is 2. The van der Waals surface area contributed by atoms with Gasteiger partial charge in [0.15, 0.2) is 0 Å². The van der Waals surface area contributed by atoms with Crippen LogP contribution in [0.15, 0.2) is 12.2 Å². The Morgan fingerprint density at radius 1 is 0.596 bits per heavy atom. The fourth-order valence-corrected chi connectivity index (χ4v) is 6.73. The molecule has 0 amide bonds. The van der Waals surface area contributed by atoms with E-state index in [1.54, 1.807) is 0 Å². The molecule has 0 radical (unpaired) electrons. The smallest absolute Gasteiger partial charge is 0.472 e. The van der Waals surface area contributed by atoms with E-state index >= 15 is 0 Å². The van der Waals surface area contributed by atoms with Gasteiger partial charge >= 0.3 is 19.8 Å². The van der Waals surface area contributed by atoms with Crippen LogP contribution in [-0.4, -0.2) is 60.5 Å². The van der Waals surface area contributed by atoms with Gasteiger partial charge in [-0.3, -0.25) is 18.6 Å². The highest BCUT2D eigenvalue weighted by molar-refractivity contribution is 7.47. The van der Waals surface area contributed by atoms with E-state index in [4.69, 9.17) is 29.4 Å². The van der Waals surface area contributed by atoms with E-state index in [0.29, 0.717) is 6.61 Å². The molecular formula is C41H80NO9P. The molecule has 0 bridgehead atoms. The van der Waals surface area contributed by atoms with E-state index < -0.39 is 45.1 Å². The van der Waals surface area contributed by atoms with Gasteiger partial charge in [-0.05, 0) is 38.5 Å². The van der Waals surface area contributed by atoms with Gasteiger partial charge in [-0.2, -0.15) is 0 Å². The first-order valence-electron chi connectivity index (χ1n) is 21.2. The van der Waals surface area contributed by atoms with Gasteiger partial charge in [0.05, 0.1) is 19.8 Å². The van der Waals surface area contributed by atoms with Crippen molar-refractivity contribution in [2.45, 2.75) is 212 Å². The van der Waals surface area contributed by atoms with Gasteiger partial charge in [0, 0.05) is 13.0 Å². The third-order valence-electron chi connectivity index (χ3n) is 9.29. The minimum absolute atomic E-state index is 0.0212. The molecule has 0 aromatic carbocycles. The van der Waals surface area contributed by atoms with E-state index in [1.807, 2.05) is 0 Å². The van der Waals surface area contributed by atoms with Crippen molar-refractivity contribution in [2.75, 3.05) is 26.4 Å². The number of carboxylic acids is 1. The Morgan fingerprint density at radius 3 is 1.46 bits per heavy atom. The van der Waals surface area contributed by atoms with E-state index in [-0.39, 0.29) is 13.0 Å². The first-order chi connectivity index (χ1) is 25.2. The van der Waals surface area contributed by atoms with Crippen molar-refractivity contribution in [1.82, 2.24) is 0 Å². The number of allylic oxidation sites excluding steroid dienone is 2. The summed E-state index contributed by atoms with van der Waals surface area (Å²) in [6.07, 6.45) is 38.4. The van der Waals surface area contributed by atoms with E-state index in [9.17, 15) is 19.0 Å². The predicted octanol–water partition coefficient (Wildman–Crippen LogP) is 11.4. The van der Waals surface area contributed by atoms with Crippen molar-refractivity contribution in [3.63, 3.8) is 0 Å². The molecule has 52 heavy (non-hydrogen) atoms. The highest BCUT2D eigenvalue weighted by Crippen LogP contribution is 2.43. The Kier molecular flexibility index (Phi) is 37.1. The lowest BCUT2D eigenvalue weighted by Gasteiger charge is -2.20. The van der Waals surface area contributed by atoms with Gasteiger partial charge in [-0.25, -0.2) is 4.57 Å². The molecule has 0 aliphatic rings. The number of carbonyl (C=O) groups is 2. The number of nitrogens with two attached hydrogens (primary N) is 1. The van der Waals surface area contributed by atoms with Crippen molar-refractivity contribution in [1.29, 1.82) is 0 Å². The average Bonchev–Trinajstić information content (AvgIpc) is 3.12. The number of unbranched alkanes of at least 4 members (excludes halogenated alkanes) is 25. The molecule has 4 N–H and O–H groups in total. The van der Waals surface area contributed by atoms with Crippen LogP contribution in [0.2, 0.25) is 0 Å². The summed E-state index contributed by atoms with van der Waals surface area (Å²) in [6, 6.07) is -1.47. The maximum atomic E-state index is 12.5. The molecule has 0 aliphatic heterocycles. The molecule has 3 atom stereocenters. The second-order valence-electron chi connectivity index (χ2n) is 14.5. The van der Waals surface area contributed by atoms with Gasteiger partial charge < -0.3 is 25.2 Å². The van der Waals surface area contributed by atoms with Gasteiger partial charge in [0.2, 0.25) is 0 Å². The maximum absolute atomic E-state index is 12.5. The molecule has 0 saturated heterocycles. The van der Waals surface area contributed by atoms with Crippen LogP contribution in [0.1, 0.15) is 200 Å². The molecule has 11 heteroatoms. The zero-order chi connectivity index (χ0) is 38.4. The third-order valence-corrected chi connectivity index (χ3v) is 10.2. The lowest BCUT2D eigenvalue weighted by Crippen LogP contribution is -2.34. The number of phosphoric ester groups is 1. The molecule has 0 saturated carbocycles. The summed E-state index contributed by atoms with van der Waals surface area (Å²) < 4.78 is 33.3. The fraction of sp³-hybridized carbons (Fsp3) is 0.902. The second-order valence-corrected chi connectivity index (χ2v) is 15.9. The van der Waals surface area contributed by atoms with Crippen molar-refractivity contribution >= 4 is 19.8 Å². The van der Waals surface area contributed by atoms with Gasteiger partial charge in [0.1, 0.15) is 12.1 Å². The number of hydrogen-bond donors (Lipinski definition) is 3. The van der Waals surface area contributed by atoms with Crippen molar-refractivity contribution in [2.24, 2.45) is 5.73 Å². The lowest BCUT2D eigenvalue weighted by molar-refractivity contribution is -0.154. The van der Waals surface area contributed by atoms with Crippen molar-refractivity contribution in [3.05, 3.63) is 12.2 Å². The Bertz CT molecular complexity index is 888. The van der Waals surface area contributed by atoms with E-state index in [2.05, 4.69) is 26.0 Å². The number of hydrogen-bond acceptors (Lipinski definition) is 8. The standard InChI is InChI=1S/C41H80NO9P/c1-3-5-7-9-11-13-15-16-17-18-19-20-21-22-23-24-26-28-30-32-34-48-35-38(36-49-52(46,47)50-37-39(42)41(44)45)51-40(43)33-31-29-27-25-14-12-10-8-6-4-2/h16-17,38-39H,3-15,18-37,42H2,1-2H3,(H,44,45)(H,46,47)/b17-16-. The van der Waals surface area contributed by atoms with Crippen LogP contribution in [0.25, 0.3) is 0 Å². The summed E-state index contributed by atoms with van der Waals surface area (Å²) in [4.78, 5) is 33.4. The summed E-state index contributed by atoms with van der Waals surface area (Å²) in [5.74, 6) is -1.77. The van der Waals surface area contributed by atoms with Crippen LogP contribution in [0, 0.1) is 0 Å². The van der Waals surface area contributed by atoms with Crippen LogP contribution in [0.5, 0.6) is 0 Å². The minimum atomic E-state index is -4.60. The van der Waals surface area contributed by atoms with Crippen LogP contribution in [-0.2, 0) is 32.7 Å². The van der Waals surface area contributed by atoms with Crippen LogP contribution < -0.4 is 5.73 Å². The van der Waals surface area contributed by atoms with Crippen LogP contribution in [0.4, 0.5) is 0 Å². The number of carbonyl (C=O) groups excluding carboxylic acids is 1. The Hall–Kier alpha value is -1.29. The normalized spacial score (nSPS) is 14.1. The summed E-state index contributed by atoms with van der Waals surface area (Å²) in [6.45, 7) is 3.88. The zero-order valence-electron chi connectivity index (χ0n) is 33.4. The summed E-state index contributed by atoms with van der Waals surface area (Å²) in [5, 5.41) is 8.87. The van der Waals surface area contributed by atoms with Gasteiger partial charge in [-0.15, -0.1) is 0 Å². The molecule has 0 heterocycles. The molecular weight excluding hydrogens is 681 g/mol. The molecule has 0 aliphatic carbocycles. The SMILES string of the molecule is CCCCCCCC/C=C\CCCCCCCCCCCCOCC(COP(=O)(O)OCC(N)C(=O)O)OC(=O)CCCCCCCCCCCC. The highest BCUT2D eigenvalue weighted by Gasteiger charge is 2.27. The predicted molar refractivity (Wildman–Crippen MR) is 212 cm³/mol. The topological polar surface area (TPSA) is 155 Å². The second kappa shape index (κ2) is 38.0. The molecule has 308 valence electrons. The number of esters is 1. The molecule has 0 spiro atoms. The average molecular weight is 762 g/mol. The number of carboxylic acid groups (broad SMARTS) is 1. The Balaban J connectivity index is 4.13. The number of phosphoric acid groups is 1. The summed E-state index contributed by atoms with van der Waals surface area (Å²) in [5.41, 5.74) is 5.34. The van der Waals surface area contributed by atoms with Crippen molar-refractivity contribution in [3.8, 4) is 0 Å². The molecule has 0 fully saturated rings. The summed E-state index contributed by atoms with van der Waals surface area (Å²) >= 11 is 0. The highest BCUT2D eigenvalue weighted by atomic mass is 31.2. The Morgan fingerprint density at radius 2 is 1.00 bits per heavy atom. The quantitative estimate of drug-likeness (QED) is 0.0237. The maximum Gasteiger partial charge on any atom is 0.472 e. The third kappa shape index (κ3) is 37.0. The van der Waals surface area contributed by atoms with E-state index in [1.165, 1.54) is 141 Å². The van der Waals surface area contributed by atoms with Gasteiger partial charge in [-0.1, -0.05) is 167 Å². The van der Waals surface area contributed by atoms with Crippen LogP contribution in [0.3, 0.4) is 0 Å². The molecule has 0 rings (SSSR count). The van der Waals surface area contributed by atoms with Gasteiger partial charge in [0.25, 0.3) is 0 Å². The van der Waals surface area contributed by atoms with Crippen LogP contribution >= 0.6 is 7.82 Å². The first kappa shape index (κ1) is 50.7. The molecule has 10 nitrogen and oxygen atoms in total. The largest absolute Gasteiger partial charge is 0.480 e. The number of aliphatic carboxylic acids is 1. The minimum Gasteiger partial charge on any atom is -0.480 e. The monoisotopic (exact) mass is 762 g/mol. The lowest BCUT2D eigenvalue weighted by atomic mass is 10.1.